The zero-order valence-corrected chi connectivity index (χ0v) is 7.27. The van der Waals surface area contributed by atoms with Gasteiger partial charge in [-0.3, -0.25) is 4.68 Å². The summed E-state index contributed by atoms with van der Waals surface area (Å²) in [5.74, 6) is -0.340. The van der Waals surface area contributed by atoms with E-state index in [0.29, 0.717) is 18.9 Å². The zero-order chi connectivity index (χ0) is 9.26. The van der Waals surface area contributed by atoms with Crippen molar-refractivity contribution >= 4 is 5.97 Å². The van der Waals surface area contributed by atoms with Gasteiger partial charge in [0.2, 0.25) is 0 Å². The lowest BCUT2D eigenvalue weighted by Gasteiger charge is -2.25. The van der Waals surface area contributed by atoms with Gasteiger partial charge in [0.05, 0.1) is 13.2 Å². The first-order chi connectivity index (χ1) is 6.27. The SMILES string of the molecule is Cn1nccc1C(=O)OC1COC1. The number of carbonyl (C=O) groups excluding carboxylic acids is 1. The van der Waals surface area contributed by atoms with Crippen LogP contribution in [0.5, 0.6) is 0 Å². The van der Waals surface area contributed by atoms with Crippen molar-refractivity contribution in [3.05, 3.63) is 18.0 Å². The predicted octanol–water partition coefficient (Wildman–Crippen LogP) is -0.0243. The molecule has 0 saturated carbocycles. The summed E-state index contributed by atoms with van der Waals surface area (Å²) in [5.41, 5.74) is 0.465. The van der Waals surface area contributed by atoms with Crippen LogP contribution in [0.1, 0.15) is 10.5 Å². The highest BCUT2D eigenvalue weighted by molar-refractivity contribution is 5.87. The molecule has 0 N–H and O–H groups in total. The van der Waals surface area contributed by atoms with E-state index in [4.69, 9.17) is 9.47 Å². The summed E-state index contributed by atoms with van der Waals surface area (Å²) in [6.45, 7) is 1.01. The minimum Gasteiger partial charge on any atom is -0.453 e. The molecule has 0 atom stereocenters. The lowest BCUT2D eigenvalue weighted by Crippen LogP contribution is -2.38. The number of esters is 1. The number of aromatic nitrogens is 2. The first-order valence-electron chi connectivity index (χ1n) is 4.04. The first-order valence-corrected chi connectivity index (χ1v) is 4.04. The molecule has 0 radical (unpaired) electrons. The van der Waals surface area contributed by atoms with Crippen LogP contribution < -0.4 is 0 Å². The monoisotopic (exact) mass is 182 g/mol. The molecular formula is C8H10N2O3. The fraction of sp³-hybridized carbons (Fsp3) is 0.500. The molecule has 70 valence electrons. The van der Waals surface area contributed by atoms with Crippen LogP contribution in [0.3, 0.4) is 0 Å². The Bertz CT molecular complexity index is 317. The number of aryl methyl sites for hydroxylation is 1. The van der Waals surface area contributed by atoms with E-state index in [1.54, 1.807) is 19.3 Å². The molecule has 0 unspecified atom stereocenters. The highest BCUT2D eigenvalue weighted by Crippen LogP contribution is 2.09. The molecule has 1 aliphatic rings. The molecule has 1 aliphatic heterocycles. The Kier molecular flexibility index (Phi) is 2.02. The van der Waals surface area contributed by atoms with Crippen molar-refractivity contribution < 1.29 is 14.3 Å². The summed E-state index contributed by atoms with van der Waals surface area (Å²) < 4.78 is 11.5. The Morgan fingerprint density at radius 2 is 2.54 bits per heavy atom. The number of hydrogen-bond acceptors (Lipinski definition) is 4. The Hall–Kier alpha value is -1.36. The number of nitrogens with zero attached hydrogens (tertiary/aromatic N) is 2. The normalized spacial score (nSPS) is 16.7. The maximum Gasteiger partial charge on any atom is 0.357 e. The van der Waals surface area contributed by atoms with Gasteiger partial charge >= 0.3 is 5.97 Å². The predicted molar refractivity (Wildman–Crippen MR) is 43.2 cm³/mol. The first kappa shape index (κ1) is 8.25. The minimum atomic E-state index is -0.340. The fourth-order valence-corrected chi connectivity index (χ4v) is 1.07. The largest absolute Gasteiger partial charge is 0.453 e. The van der Waals surface area contributed by atoms with Crippen molar-refractivity contribution in [3.63, 3.8) is 0 Å². The summed E-state index contributed by atoms with van der Waals surface area (Å²) in [5, 5.41) is 3.87. The van der Waals surface area contributed by atoms with Gasteiger partial charge in [-0.1, -0.05) is 0 Å². The van der Waals surface area contributed by atoms with E-state index >= 15 is 0 Å². The minimum absolute atomic E-state index is 0.0811. The van der Waals surface area contributed by atoms with Gasteiger partial charge in [-0.25, -0.2) is 4.79 Å². The molecule has 2 heterocycles. The average molecular weight is 182 g/mol. The molecule has 0 bridgehead atoms. The molecule has 0 aromatic carbocycles. The third kappa shape index (κ3) is 1.55. The van der Waals surface area contributed by atoms with Gasteiger partial charge in [-0.05, 0) is 6.07 Å². The second-order valence-corrected chi connectivity index (χ2v) is 2.90. The molecule has 0 aliphatic carbocycles. The summed E-state index contributed by atoms with van der Waals surface area (Å²) in [7, 11) is 1.70. The maximum absolute atomic E-state index is 11.4. The van der Waals surface area contributed by atoms with Crippen molar-refractivity contribution in [2.24, 2.45) is 7.05 Å². The van der Waals surface area contributed by atoms with E-state index in [-0.39, 0.29) is 12.1 Å². The van der Waals surface area contributed by atoms with Crippen LogP contribution in [0.4, 0.5) is 0 Å². The number of rotatable bonds is 2. The summed E-state index contributed by atoms with van der Waals surface area (Å²) in [4.78, 5) is 11.4. The van der Waals surface area contributed by atoms with E-state index in [9.17, 15) is 4.79 Å². The van der Waals surface area contributed by atoms with Gasteiger partial charge in [-0.15, -0.1) is 0 Å². The second kappa shape index (κ2) is 3.18. The molecule has 13 heavy (non-hydrogen) atoms. The third-order valence-electron chi connectivity index (χ3n) is 1.91. The molecule has 0 amide bonds. The standard InChI is InChI=1S/C8H10N2O3/c1-10-7(2-3-9-10)8(11)13-6-4-12-5-6/h2-3,6H,4-5H2,1H3. The van der Waals surface area contributed by atoms with Crippen LogP contribution in [0.2, 0.25) is 0 Å². The van der Waals surface area contributed by atoms with Gasteiger partial charge in [0.1, 0.15) is 11.8 Å². The molecule has 0 spiro atoms. The van der Waals surface area contributed by atoms with Gasteiger partial charge in [0, 0.05) is 13.2 Å². The Morgan fingerprint density at radius 1 is 1.77 bits per heavy atom. The van der Waals surface area contributed by atoms with Crippen LogP contribution in [0.15, 0.2) is 12.3 Å². The Labute approximate surface area is 75.2 Å². The number of carbonyl (C=O) groups is 1. The molecule has 1 saturated heterocycles. The molecular weight excluding hydrogens is 172 g/mol. The second-order valence-electron chi connectivity index (χ2n) is 2.90. The van der Waals surface area contributed by atoms with Crippen molar-refractivity contribution in [1.82, 2.24) is 9.78 Å². The average Bonchev–Trinajstić information content (AvgIpc) is 2.43. The lowest BCUT2D eigenvalue weighted by atomic mass is 10.3. The van der Waals surface area contributed by atoms with Crippen molar-refractivity contribution in [1.29, 1.82) is 0 Å². The summed E-state index contributed by atoms with van der Waals surface area (Å²) >= 11 is 0. The van der Waals surface area contributed by atoms with E-state index in [0.717, 1.165) is 0 Å². The van der Waals surface area contributed by atoms with Crippen LogP contribution in [-0.2, 0) is 16.5 Å². The van der Waals surface area contributed by atoms with E-state index < -0.39 is 0 Å². The Morgan fingerprint density at radius 3 is 3.00 bits per heavy atom. The van der Waals surface area contributed by atoms with Crippen LogP contribution >= 0.6 is 0 Å². The van der Waals surface area contributed by atoms with Crippen LogP contribution in [-0.4, -0.2) is 35.1 Å². The molecule has 2 rings (SSSR count). The Balaban J connectivity index is 2.00. The smallest absolute Gasteiger partial charge is 0.357 e. The van der Waals surface area contributed by atoms with Crippen molar-refractivity contribution in [2.75, 3.05) is 13.2 Å². The lowest BCUT2D eigenvalue weighted by molar-refractivity contribution is -0.103. The van der Waals surface area contributed by atoms with Gasteiger partial charge in [0.25, 0.3) is 0 Å². The highest BCUT2D eigenvalue weighted by atomic mass is 16.6. The molecule has 5 heteroatoms. The topological polar surface area (TPSA) is 53.4 Å². The van der Waals surface area contributed by atoms with E-state index in [2.05, 4.69) is 5.10 Å². The third-order valence-corrected chi connectivity index (χ3v) is 1.91. The van der Waals surface area contributed by atoms with Crippen LogP contribution in [0.25, 0.3) is 0 Å². The number of ether oxygens (including phenoxy) is 2. The zero-order valence-electron chi connectivity index (χ0n) is 7.27. The molecule has 1 aromatic heterocycles. The van der Waals surface area contributed by atoms with Gasteiger partial charge < -0.3 is 9.47 Å². The van der Waals surface area contributed by atoms with Gasteiger partial charge in [-0.2, -0.15) is 5.10 Å². The van der Waals surface area contributed by atoms with Gasteiger partial charge in [0.15, 0.2) is 0 Å². The molecule has 5 nitrogen and oxygen atoms in total. The summed E-state index contributed by atoms with van der Waals surface area (Å²) in [6, 6.07) is 1.63. The van der Waals surface area contributed by atoms with E-state index in [1.165, 1.54) is 4.68 Å². The molecule has 1 aromatic rings. The highest BCUT2D eigenvalue weighted by Gasteiger charge is 2.24. The van der Waals surface area contributed by atoms with Crippen molar-refractivity contribution in [3.8, 4) is 0 Å². The number of hydrogen-bond donors (Lipinski definition) is 0. The maximum atomic E-state index is 11.4. The molecule has 1 fully saturated rings. The van der Waals surface area contributed by atoms with Crippen molar-refractivity contribution in [2.45, 2.75) is 6.10 Å². The van der Waals surface area contributed by atoms with E-state index in [1.807, 2.05) is 0 Å². The fourth-order valence-electron chi connectivity index (χ4n) is 1.07. The quantitative estimate of drug-likeness (QED) is 0.603. The summed E-state index contributed by atoms with van der Waals surface area (Å²) in [6.07, 6.45) is 1.48. The van der Waals surface area contributed by atoms with Crippen LogP contribution in [0, 0.1) is 0 Å².